The number of benzene rings is 2. The zero-order valence-corrected chi connectivity index (χ0v) is 20.7. The molecule has 2 aromatic carbocycles. The van der Waals surface area contributed by atoms with E-state index in [1.54, 1.807) is 24.3 Å². The summed E-state index contributed by atoms with van der Waals surface area (Å²) in [6.07, 6.45) is 0. The molecule has 0 unspecified atom stereocenters. The summed E-state index contributed by atoms with van der Waals surface area (Å²) < 4.78 is 34.8. The lowest BCUT2D eigenvalue weighted by Gasteiger charge is -2.12. The number of hydrogen-bond donors (Lipinski definition) is 1. The van der Waals surface area contributed by atoms with Gasteiger partial charge in [-0.05, 0) is 56.1 Å². The van der Waals surface area contributed by atoms with Gasteiger partial charge in [0.1, 0.15) is 12.4 Å². The van der Waals surface area contributed by atoms with Crippen LogP contribution in [0.2, 0.25) is 0 Å². The third-order valence-electron chi connectivity index (χ3n) is 5.67. The molecular weight excluding hydrogens is 484 g/mol. The van der Waals surface area contributed by atoms with Crippen LogP contribution < -0.4 is 21.3 Å². The molecule has 37 heavy (non-hydrogen) atoms. The number of aromatic nitrogens is 5. The van der Waals surface area contributed by atoms with E-state index in [0.29, 0.717) is 30.0 Å². The maximum Gasteiger partial charge on any atom is 0.332 e. The largest absolute Gasteiger partial charge is 0.492 e. The number of halogens is 2. The highest BCUT2D eigenvalue weighted by Gasteiger charge is 2.17. The Morgan fingerprint density at radius 2 is 1.76 bits per heavy atom. The van der Waals surface area contributed by atoms with Crippen molar-refractivity contribution in [1.29, 1.82) is 0 Å². The maximum atomic E-state index is 13.7. The molecule has 1 N–H and O–H groups in total. The Morgan fingerprint density at radius 3 is 2.46 bits per heavy atom. The third-order valence-corrected chi connectivity index (χ3v) is 5.67. The Bertz CT molecular complexity index is 1520. The molecule has 4 rings (SSSR count). The van der Waals surface area contributed by atoms with Crippen molar-refractivity contribution in [3.05, 3.63) is 80.5 Å². The molecule has 4 aromatic rings. The average molecular weight is 512 g/mol. The van der Waals surface area contributed by atoms with Crippen LogP contribution in [0.1, 0.15) is 5.56 Å². The van der Waals surface area contributed by atoms with Crippen LogP contribution in [0, 0.1) is 11.6 Å². The molecule has 0 spiro atoms. The number of fused-ring (bicyclic) bond motifs is 1. The smallest absolute Gasteiger partial charge is 0.332 e. The zero-order valence-electron chi connectivity index (χ0n) is 20.7. The summed E-state index contributed by atoms with van der Waals surface area (Å²) in [5, 5.41) is 11.5. The molecule has 0 atom stereocenters. The number of nitrogens with zero attached hydrogens (tertiary/aromatic N) is 6. The van der Waals surface area contributed by atoms with Crippen LogP contribution in [0.25, 0.3) is 22.6 Å². The molecule has 10 nitrogen and oxygen atoms in total. The van der Waals surface area contributed by atoms with E-state index in [2.05, 4.69) is 25.4 Å². The maximum absolute atomic E-state index is 13.7. The van der Waals surface area contributed by atoms with Crippen LogP contribution >= 0.6 is 0 Å². The molecule has 12 heteroatoms. The monoisotopic (exact) mass is 511 g/mol. The fourth-order valence-electron chi connectivity index (χ4n) is 3.62. The van der Waals surface area contributed by atoms with Gasteiger partial charge < -0.3 is 15.0 Å². The van der Waals surface area contributed by atoms with Crippen molar-refractivity contribution in [2.75, 3.05) is 40.3 Å². The van der Waals surface area contributed by atoms with Gasteiger partial charge in [-0.15, -0.1) is 10.2 Å². The van der Waals surface area contributed by atoms with Crippen LogP contribution in [0.5, 0.6) is 5.75 Å². The molecule has 0 aliphatic carbocycles. The van der Waals surface area contributed by atoms with Crippen molar-refractivity contribution >= 4 is 11.2 Å². The molecule has 0 saturated heterocycles. The molecule has 2 aromatic heterocycles. The van der Waals surface area contributed by atoms with Crippen LogP contribution in [0.15, 0.2) is 52.1 Å². The summed E-state index contributed by atoms with van der Waals surface area (Å²) in [5.41, 5.74) is -0.521. The average Bonchev–Trinajstić information content (AvgIpc) is 2.89. The van der Waals surface area contributed by atoms with Gasteiger partial charge in [0, 0.05) is 32.2 Å². The number of rotatable bonds is 10. The van der Waals surface area contributed by atoms with Gasteiger partial charge in [0.05, 0.1) is 6.54 Å². The van der Waals surface area contributed by atoms with Crippen LogP contribution in [0.4, 0.5) is 8.78 Å². The van der Waals surface area contributed by atoms with Gasteiger partial charge in [-0.2, -0.15) is 0 Å². The summed E-state index contributed by atoms with van der Waals surface area (Å²) in [4.78, 5) is 32.0. The topological polar surface area (TPSA) is 107 Å². The summed E-state index contributed by atoms with van der Waals surface area (Å²) in [6, 6.07) is 10.3. The molecule has 0 aliphatic heterocycles. The van der Waals surface area contributed by atoms with Crippen LogP contribution in [-0.4, -0.2) is 69.6 Å². The molecular formula is C25H27F2N7O3. The van der Waals surface area contributed by atoms with Crippen LogP contribution in [0.3, 0.4) is 0 Å². The van der Waals surface area contributed by atoms with E-state index in [4.69, 9.17) is 4.74 Å². The summed E-state index contributed by atoms with van der Waals surface area (Å²) in [6.45, 7) is 2.88. The molecule has 0 amide bonds. The Balaban J connectivity index is 1.55. The molecule has 0 bridgehead atoms. The quantitative estimate of drug-likeness (QED) is 0.319. The lowest BCUT2D eigenvalue weighted by molar-refractivity contribution is 0.308. The standard InChI is InChI=1S/C25H27F2N7O3/c1-32(2)12-10-28-11-13-37-18-7-5-17(6-8-18)22-29-21-23(31-30-22)34(25(36)33(3)24(21)35)15-16-4-9-19(26)20(27)14-16/h4-9,14,28H,10-13,15H2,1-3H3. The Kier molecular flexibility index (Phi) is 7.99. The zero-order chi connectivity index (χ0) is 26.5. The van der Waals surface area contributed by atoms with Crippen molar-refractivity contribution in [1.82, 2.24) is 34.5 Å². The molecule has 194 valence electrons. The minimum absolute atomic E-state index is 0.0525. The number of likely N-dealkylation sites (N-methyl/N-ethyl adjacent to an activating group) is 1. The highest BCUT2D eigenvalue weighted by atomic mass is 19.2. The molecule has 0 saturated carbocycles. The van der Waals surface area contributed by atoms with E-state index in [0.717, 1.165) is 34.4 Å². The molecule has 0 radical (unpaired) electrons. The molecule has 0 fully saturated rings. The van der Waals surface area contributed by atoms with E-state index in [1.165, 1.54) is 13.1 Å². The first kappa shape index (κ1) is 26.0. The Morgan fingerprint density at radius 1 is 1.00 bits per heavy atom. The van der Waals surface area contributed by atoms with E-state index in [9.17, 15) is 18.4 Å². The third kappa shape index (κ3) is 6.04. The van der Waals surface area contributed by atoms with E-state index in [1.807, 2.05) is 14.1 Å². The second-order valence-electron chi connectivity index (χ2n) is 8.72. The highest BCUT2D eigenvalue weighted by molar-refractivity contribution is 5.71. The summed E-state index contributed by atoms with van der Waals surface area (Å²) in [7, 11) is 5.35. The van der Waals surface area contributed by atoms with Gasteiger partial charge in [0.2, 0.25) is 0 Å². The Labute approximate surface area is 211 Å². The van der Waals surface area contributed by atoms with E-state index >= 15 is 0 Å². The first-order valence-electron chi connectivity index (χ1n) is 11.6. The van der Waals surface area contributed by atoms with Gasteiger partial charge in [0.25, 0.3) is 5.56 Å². The van der Waals surface area contributed by atoms with Gasteiger partial charge in [-0.3, -0.25) is 13.9 Å². The van der Waals surface area contributed by atoms with Crippen molar-refractivity contribution < 1.29 is 13.5 Å². The predicted octanol–water partition coefficient (Wildman–Crippen LogP) is 1.41. The number of nitrogens with one attached hydrogen (secondary N) is 1. The second-order valence-corrected chi connectivity index (χ2v) is 8.72. The van der Waals surface area contributed by atoms with Crippen molar-refractivity contribution in [2.45, 2.75) is 6.54 Å². The lowest BCUT2D eigenvalue weighted by Crippen LogP contribution is -2.39. The number of ether oxygens (including phenoxy) is 1. The Hall–Kier alpha value is -4.03. The minimum atomic E-state index is -1.04. The molecule has 2 heterocycles. The predicted molar refractivity (Wildman–Crippen MR) is 135 cm³/mol. The second kappa shape index (κ2) is 11.4. The van der Waals surface area contributed by atoms with Gasteiger partial charge >= 0.3 is 5.69 Å². The van der Waals surface area contributed by atoms with Crippen LogP contribution in [-0.2, 0) is 13.6 Å². The van der Waals surface area contributed by atoms with Gasteiger partial charge in [0.15, 0.2) is 28.6 Å². The van der Waals surface area contributed by atoms with E-state index < -0.39 is 22.9 Å². The number of hydrogen-bond acceptors (Lipinski definition) is 8. The first-order chi connectivity index (χ1) is 17.7. The van der Waals surface area contributed by atoms with Crippen molar-refractivity contribution in [2.24, 2.45) is 7.05 Å². The van der Waals surface area contributed by atoms with Crippen molar-refractivity contribution in [3.63, 3.8) is 0 Å². The minimum Gasteiger partial charge on any atom is -0.492 e. The van der Waals surface area contributed by atoms with E-state index in [-0.39, 0.29) is 23.5 Å². The fourth-order valence-corrected chi connectivity index (χ4v) is 3.62. The van der Waals surface area contributed by atoms with Gasteiger partial charge in [-0.1, -0.05) is 6.07 Å². The normalized spacial score (nSPS) is 11.4. The first-order valence-corrected chi connectivity index (χ1v) is 11.6. The highest BCUT2D eigenvalue weighted by Crippen LogP contribution is 2.20. The van der Waals surface area contributed by atoms with Gasteiger partial charge in [-0.25, -0.2) is 18.6 Å². The summed E-state index contributed by atoms with van der Waals surface area (Å²) >= 11 is 0. The van der Waals surface area contributed by atoms with Crippen molar-refractivity contribution in [3.8, 4) is 17.1 Å². The SMILES string of the molecule is CN(C)CCNCCOc1ccc(-c2nnc3c(n2)c(=O)n(C)c(=O)n3Cc2ccc(F)c(F)c2)cc1. The lowest BCUT2D eigenvalue weighted by atomic mass is 10.2. The fraction of sp³-hybridized carbons (Fsp3) is 0.320. The molecule has 0 aliphatic rings. The summed E-state index contributed by atoms with van der Waals surface area (Å²) in [5.74, 6) is -1.18.